The minimum Gasteiger partial charge on any atom is -0.503 e. The molecule has 0 aliphatic carbocycles. The van der Waals surface area contributed by atoms with E-state index in [1.807, 2.05) is 30.3 Å². The Labute approximate surface area is 153 Å². The van der Waals surface area contributed by atoms with Crippen LogP contribution in [-0.4, -0.2) is 27.0 Å². The van der Waals surface area contributed by atoms with Gasteiger partial charge in [-0.05, 0) is 5.56 Å². The molecule has 4 rings (SSSR count). The van der Waals surface area contributed by atoms with Crippen LogP contribution in [0.3, 0.4) is 0 Å². The summed E-state index contributed by atoms with van der Waals surface area (Å²) in [5, 5.41) is 18.6. The van der Waals surface area contributed by atoms with Gasteiger partial charge in [-0.2, -0.15) is 0 Å². The maximum absolute atomic E-state index is 13.1. The summed E-state index contributed by atoms with van der Waals surface area (Å²) in [4.78, 5) is 27.1. The van der Waals surface area contributed by atoms with Gasteiger partial charge in [-0.25, -0.2) is 0 Å². The first-order chi connectivity index (χ1) is 12.7. The van der Waals surface area contributed by atoms with E-state index in [0.717, 1.165) is 0 Å². The van der Waals surface area contributed by atoms with Crippen LogP contribution in [-0.2, 0) is 4.79 Å². The van der Waals surface area contributed by atoms with E-state index in [1.165, 1.54) is 21.7 Å². The molecule has 0 spiro atoms. The fraction of sp³-hybridized carbons (Fsp3) is 0.0526. The standard InChI is InChI=1S/C19H13N3O3S/c23-16(13-9-5-2-6-10-13)14-15(12-7-3-1-4-8-12)22(18(25)17(14)24)19-21-20-11-26-19/h1-11,15,24H. The Morgan fingerprint density at radius 1 is 1.04 bits per heavy atom. The van der Waals surface area contributed by atoms with Gasteiger partial charge < -0.3 is 5.11 Å². The molecule has 0 radical (unpaired) electrons. The lowest BCUT2D eigenvalue weighted by Crippen LogP contribution is -2.31. The molecule has 7 heteroatoms. The van der Waals surface area contributed by atoms with E-state index >= 15 is 0 Å². The van der Waals surface area contributed by atoms with Crippen LogP contribution in [0.25, 0.3) is 0 Å². The van der Waals surface area contributed by atoms with Crippen molar-refractivity contribution in [1.82, 2.24) is 10.2 Å². The molecule has 1 amide bonds. The second-order valence-corrected chi connectivity index (χ2v) is 6.48. The summed E-state index contributed by atoms with van der Waals surface area (Å²) in [6.45, 7) is 0. The Hall–Kier alpha value is -3.32. The van der Waals surface area contributed by atoms with Crippen LogP contribution in [0.1, 0.15) is 22.0 Å². The molecule has 1 aliphatic rings. The normalized spacial score (nSPS) is 17.0. The first kappa shape index (κ1) is 16.2. The zero-order valence-corrected chi connectivity index (χ0v) is 14.3. The predicted molar refractivity (Wildman–Crippen MR) is 97.0 cm³/mol. The van der Waals surface area contributed by atoms with Gasteiger partial charge in [0.25, 0.3) is 5.91 Å². The van der Waals surface area contributed by atoms with Crippen LogP contribution < -0.4 is 4.90 Å². The van der Waals surface area contributed by atoms with Gasteiger partial charge in [-0.3, -0.25) is 14.5 Å². The van der Waals surface area contributed by atoms with Gasteiger partial charge >= 0.3 is 0 Å². The third-order valence-electron chi connectivity index (χ3n) is 4.16. The third kappa shape index (κ3) is 2.58. The van der Waals surface area contributed by atoms with Crippen molar-refractivity contribution < 1.29 is 14.7 Å². The topological polar surface area (TPSA) is 83.4 Å². The summed E-state index contributed by atoms with van der Waals surface area (Å²) < 4.78 is 0. The summed E-state index contributed by atoms with van der Waals surface area (Å²) in [7, 11) is 0. The second-order valence-electron chi connectivity index (χ2n) is 5.67. The number of hydrogen-bond acceptors (Lipinski definition) is 6. The zero-order chi connectivity index (χ0) is 18.1. The van der Waals surface area contributed by atoms with Gasteiger partial charge in [-0.15, -0.1) is 10.2 Å². The molecular formula is C19H13N3O3S. The first-order valence-electron chi connectivity index (χ1n) is 7.86. The van der Waals surface area contributed by atoms with Crippen LogP contribution in [0.15, 0.2) is 77.5 Å². The van der Waals surface area contributed by atoms with Crippen molar-refractivity contribution in [2.45, 2.75) is 6.04 Å². The van der Waals surface area contributed by atoms with Crippen molar-refractivity contribution >= 4 is 28.2 Å². The molecule has 1 N–H and O–H groups in total. The number of aliphatic hydroxyl groups excluding tert-OH is 1. The van der Waals surface area contributed by atoms with Crippen molar-refractivity contribution in [3.63, 3.8) is 0 Å². The Morgan fingerprint density at radius 3 is 2.31 bits per heavy atom. The molecule has 1 aliphatic heterocycles. The molecule has 2 heterocycles. The van der Waals surface area contributed by atoms with Crippen molar-refractivity contribution in [2.75, 3.05) is 4.90 Å². The molecule has 2 aromatic carbocycles. The Morgan fingerprint density at radius 2 is 1.69 bits per heavy atom. The highest BCUT2D eigenvalue weighted by Gasteiger charge is 2.45. The third-order valence-corrected chi connectivity index (χ3v) is 4.85. The van der Waals surface area contributed by atoms with Gasteiger partial charge in [0.2, 0.25) is 5.13 Å². The fourth-order valence-electron chi connectivity index (χ4n) is 3.00. The van der Waals surface area contributed by atoms with Crippen LogP contribution >= 0.6 is 11.3 Å². The summed E-state index contributed by atoms with van der Waals surface area (Å²) >= 11 is 1.17. The Kier molecular flexibility index (Phi) is 4.06. The van der Waals surface area contributed by atoms with Crippen molar-refractivity contribution in [1.29, 1.82) is 0 Å². The number of anilines is 1. The maximum atomic E-state index is 13.1. The van der Waals surface area contributed by atoms with Gasteiger partial charge in [0, 0.05) is 5.56 Å². The smallest absolute Gasteiger partial charge is 0.296 e. The Balaban J connectivity index is 1.87. The number of nitrogens with zero attached hydrogens (tertiary/aromatic N) is 3. The van der Waals surface area contributed by atoms with E-state index in [1.54, 1.807) is 30.3 Å². The van der Waals surface area contributed by atoms with Gasteiger partial charge in [-0.1, -0.05) is 72.0 Å². The van der Waals surface area contributed by atoms with Crippen molar-refractivity contribution in [3.05, 3.63) is 88.6 Å². The molecule has 1 unspecified atom stereocenters. The molecule has 0 saturated carbocycles. The number of amides is 1. The highest BCUT2D eigenvalue weighted by Crippen LogP contribution is 2.42. The number of carbonyl (C=O) groups excluding carboxylic acids is 2. The number of rotatable bonds is 4. The molecule has 0 saturated heterocycles. The molecule has 26 heavy (non-hydrogen) atoms. The second kappa shape index (κ2) is 6.53. The SMILES string of the molecule is O=C(C1=C(O)C(=O)N(c2nncs2)C1c1ccccc1)c1ccccc1. The van der Waals surface area contributed by atoms with E-state index in [9.17, 15) is 14.7 Å². The van der Waals surface area contributed by atoms with Crippen LogP contribution in [0.2, 0.25) is 0 Å². The lowest BCUT2D eigenvalue weighted by molar-refractivity contribution is -0.117. The van der Waals surface area contributed by atoms with E-state index < -0.39 is 23.5 Å². The summed E-state index contributed by atoms with van der Waals surface area (Å²) in [5.41, 5.74) is 2.66. The summed E-state index contributed by atoms with van der Waals surface area (Å²) in [6, 6.07) is 16.9. The first-order valence-corrected chi connectivity index (χ1v) is 8.74. The summed E-state index contributed by atoms with van der Waals surface area (Å²) in [6.07, 6.45) is 0. The number of hydrogen-bond donors (Lipinski definition) is 1. The van der Waals surface area contributed by atoms with E-state index in [2.05, 4.69) is 10.2 Å². The molecule has 0 fully saturated rings. The van der Waals surface area contributed by atoms with Gasteiger partial charge in [0.1, 0.15) is 5.51 Å². The molecule has 3 aromatic rings. The number of Topliss-reactive ketones (excluding diaryl/α,β-unsaturated/α-hetero) is 1. The number of aliphatic hydroxyl groups is 1. The minimum atomic E-state index is -0.760. The van der Waals surface area contributed by atoms with Gasteiger partial charge in [0.15, 0.2) is 11.5 Å². The lowest BCUT2D eigenvalue weighted by atomic mass is 9.93. The fourth-order valence-corrected chi connectivity index (χ4v) is 3.59. The van der Waals surface area contributed by atoms with E-state index in [-0.39, 0.29) is 5.57 Å². The summed E-state index contributed by atoms with van der Waals surface area (Å²) in [5.74, 6) is -1.60. The molecule has 1 aromatic heterocycles. The average molecular weight is 363 g/mol. The van der Waals surface area contributed by atoms with E-state index in [4.69, 9.17) is 0 Å². The monoisotopic (exact) mass is 363 g/mol. The largest absolute Gasteiger partial charge is 0.503 e. The lowest BCUT2D eigenvalue weighted by Gasteiger charge is -2.24. The van der Waals surface area contributed by atoms with Gasteiger partial charge in [0.05, 0.1) is 11.6 Å². The number of ketones is 1. The van der Waals surface area contributed by atoms with Crippen LogP contribution in [0.5, 0.6) is 0 Å². The molecule has 1 atom stereocenters. The number of carbonyl (C=O) groups is 2. The maximum Gasteiger partial charge on any atom is 0.296 e. The highest BCUT2D eigenvalue weighted by molar-refractivity contribution is 7.13. The van der Waals surface area contributed by atoms with Crippen LogP contribution in [0.4, 0.5) is 5.13 Å². The predicted octanol–water partition coefficient (Wildman–Crippen LogP) is 3.32. The minimum absolute atomic E-state index is 0.0441. The molecule has 0 bridgehead atoms. The van der Waals surface area contributed by atoms with E-state index in [0.29, 0.717) is 16.3 Å². The van der Waals surface area contributed by atoms with Crippen molar-refractivity contribution in [2.24, 2.45) is 0 Å². The van der Waals surface area contributed by atoms with Crippen LogP contribution in [0, 0.1) is 0 Å². The quantitative estimate of drug-likeness (QED) is 0.719. The molecule has 6 nitrogen and oxygen atoms in total. The zero-order valence-electron chi connectivity index (χ0n) is 13.4. The van der Waals surface area contributed by atoms with Crippen molar-refractivity contribution in [3.8, 4) is 0 Å². The Bertz CT molecular complexity index is 985. The number of benzene rings is 2. The average Bonchev–Trinajstić information content (AvgIpc) is 3.30. The molecule has 128 valence electrons. The molecular weight excluding hydrogens is 350 g/mol. The number of aromatic nitrogens is 2. The highest BCUT2D eigenvalue weighted by atomic mass is 32.1.